The first kappa shape index (κ1) is 30.6. The van der Waals surface area contributed by atoms with Gasteiger partial charge >= 0.3 is 46.9 Å². The van der Waals surface area contributed by atoms with Gasteiger partial charge in [0, 0.05) is 12.2 Å². The molecular weight excluding hydrogens is 411 g/mol. The molecular formula is C19H31LiO9S. The number of esters is 3. The minimum absolute atomic E-state index is 0. The first-order valence-electron chi connectivity index (χ1n) is 9.23. The van der Waals surface area contributed by atoms with Gasteiger partial charge in [0.2, 0.25) is 5.94 Å². The average Bonchev–Trinajstić information content (AvgIpc) is 2.65. The van der Waals surface area contributed by atoms with Crippen LogP contribution in [0.15, 0.2) is 25.3 Å². The number of hydrogen-bond donors (Lipinski definition) is 1. The van der Waals surface area contributed by atoms with E-state index in [1.54, 1.807) is 0 Å². The molecule has 0 aliphatic heterocycles. The van der Waals surface area contributed by atoms with Crippen molar-refractivity contribution in [2.24, 2.45) is 5.41 Å². The van der Waals surface area contributed by atoms with E-state index in [0.29, 0.717) is 6.42 Å². The van der Waals surface area contributed by atoms with E-state index in [2.05, 4.69) is 13.2 Å². The summed E-state index contributed by atoms with van der Waals surface area (Å²) in [6.07, 6.45) is 2.58. The molecule has 9 nitrogen and oxygen atoms in total. The van der Waals surface area contributed by atoms with Crippen LogP contribution in [-0.4, -0.2) is 67.9 Å². The molecule has 0 amide bonds. The first-order valence-corrected chi connectivity index (χ1v) is 10.8. The molecule has 0 aromatic carbocycles. The van der Waals surface area contributed by atoms with Crippen LogP contribution in [0.2, 0.25) is 0 Å². The van der Waals surface area contributed by atoms with Crippen LogP contribution in [0.3, 0.4) is 0 Å². The number of carbonyl (C=O) groups excluding carboxylic acids is 3. The van der Waals surface area contributed by atoms with Crippen LogP contribution in [0.5, 0.6) is 0 Å². The molecule has 0 aliphatic rings. The summed E-state index contributed by atoms with van der Waals surface area (Å²) in [4.78, 5) is 36.4. The maximum atomic E-state index is 13.0. The molecule has 2 unspecified atom stereocenters. The van der Waals surface area contributed by atoms with Crippen molar-refractivity contribution in [3.8, 4) is 0 Å². The van der Waals surface area contributed by atoms with E-state index >= 15 is 0 Å². The molecule has 0 aromatic heterocycles. The van der Waals surface area contributed by atoms with Crippen LogP contribution in [0.4, 0.5) is 0 Å². The van der Waals surface area contributed by atoms with Crippen molar-refractivity contribution in [1.29, 1.82) is 0 Å². The van der Waals surface area contributed by atoms with Gasteiger partial charge in [-0.25, -0.2) is 9.59 Å². The van der Waals surface area contributed by atoms with Crippen LogP contribution in [0.25, 0.3) is 0 Å². The second-order valence-electron chi connectivity index (χ2n) is 6.55. The van der Waals surface area contributed by atoms with Crippen LogP contribution < -0.4 is 0 Å². The van der Waals surface area contributed by atoms with Crippen molar-refractivity contribution in [1.82, 2.24) is 0 Å². The molecule has 1 N–H and O–H groups in total. The first-order chi connectivity index (χ1) is 13.4. The van der Waals surface area contributed by atoms with Crippen molar-refractivity contribution in [3.05, 3.63) is 25.3 Å². The van der Waals surface area contributed by atoms with Crippen molar-refractivity contribution < 1.29 is 41.6 Å². The van der Waals surface area contributed by atoms with Crippen LogP contribution in [-0.2, 0) is 38.7 Å². The second-order valence-corrected chi connectivity index (χ2v) is 7.95. The average molecular weight is 442 g/mol. The minimum atomic E-state index is -4.61. The molecule has 11 heteroatoms. The molecule has 2 atom stereocenters. The molecule has 0 saturated heterocycles. The Labute approximate surface area is 190 Å². The standard InChI is InChI=1S/C19H30O9S.Li.H/c1-6-9-10-11-12-19(14(4)27-16(20)7-2,15(5)28-17(21)8-3)18(22)26-13-29(23,24)25;;/h7-8,14-15H,2-3,6,9-13H2,1,4-5H3,(H,23,24,25);;. The molecule has 0 aromatic rings. The molecule has 0 saturated carbocycles. The number of ether oxygens (including phenoxy) is 3. The summed E-state index contributed by atoms with van der Waals surface area (Å²) < 4.78 is 46.2. The second kappa shape index (κ2) is 14.4. The zero-order valence-corrected chi connectivity index (χ0v) is 17.9. The monoisotopic (exact) mass is 442 g/mol. The predicted molar refractivity (Wildman–Crippen MR) is 112 cm³/mol. The van der Waals surface area contributed by atoms with Gasteiger partial charge in [-0.2, -0.15) is 8.42 Å². The van der Waals surface area contributed by atoms with Crippen molar-refractivity contribution in [2.75, 3.05) is 5.94 Å². The Balaban J connectivity index is 0. The van der Waals surface area contributed by atoms with E-state index in [-0.39, 0.29) is 25.3 Å². The van der Waals surface area contributed by atoms with E-state index in [0.717, 1.165) is 31.4 Å². The SMILES string of the molecule is C=CC(=O)OC(C)C(CCCCCC)(C(=O)OCS(=O)(=O)O)C(C)OC(=O)C=C.[LiH]. The van der Waals surface area contributed by atoms with Crippen molar-refractivity contribution in [3.63, 3.8) is 0 Å². The van der Waals surface area contributed by atoms with Gasteiger partial charge in [0.25, 0.3) is 0 Å². The van der Waals surface area contributed by atoms with Gasteiger partial charge in [0.15, 0.2) is 0 Å². The summed E-state index contributed by atoms with van der Waals surface area (Å²) >= 11 is 0. The Bertz CT molecular complexity index is 675. The van der Waals surface area contributed by atoms with E-state index in [9.17, 15) is 22.8 Å². The number of rotatable bonds is 14. The van der Waals surface area contributed by atoms with E-state index < -0.39 is 51.6 Å². The summed E-state index contributed by atoms with van der Waals surface area (Å²) in [6, 6.07) is 0. The van der Waals surface area contributed by atoms with Crippen LogP contribution in [0.1, 0.15) is 52.9 Å². The Kier molecular flexibility index (Phi) is 14.7. The van der Waals surface area contributed by atoms with Gasteiger partial charge in [-0.15, -0.1) is 0 Å². The van der Waals surface area contributed by atoms with Crippen molar-refractivity contribution >= 4 is 46.9 Å². The van der Waals surface area contributed by atoms with Crippen LogP contribution in [0, 0.1) is 5.41 Å². The summed E-state index contributed by atoms with van der Waals surface area (Å²) in [7, 11) is -4.61. The molecule has 0 aliphatic carbocycles. The van der Waals surface area contributed by atoms with Gasteiger partial charge in [-0.3, -0.25) is 9.35 Å². The van der Waals surface area contributed by atoms with E-state index in [1.807, 2.05) is 6.92 Å². The number of unbranched alkanes of at least 4 members (excludes halogenated alkanes) is 3. The predicted octanol–water partition coefficient (Wildman–Crippen LogP) is 1.92. The topological polar surface area (TPSA) is 133 Å². The third-order valence-electron chi connectivity index (χ3n) is 4.53. The number of carbonyl (C=O) groups is 3. The van der Waals surface area contributed by atoms with Crippen molar-refractivity contribution in [2.45, 2.75) is 65.1 Å². The third kappa shape index (κ3) is 9.94. The number of hydrogen-bond acceptors (Lipinski definition) is 8. The van der Waals surface area contributed by atoms with E-state index in [1.165, 1.54) is 13.8 Å². The van der Waals surface area contributed by atoms with Gasteiger partial charge in [-0.05, 0) is 20.3 Å². The summed E-state index contributed by atoms with van der Waals surface area (Å²) in [5.41, 5.74) is -1.71. The molecule has 168 valence electrons. The molecule has 0 heterocycles. The zero-order valence-electron chi connectivity index (χ0n) is 17.1. The van der Waals surface area contributed by atoms with E-state index in [4.69, 9.17) is 18.8 Å². The summed E-state index contributed by atoms with van der Waals surface area (Å²) in [6.45, 7) is 11.4. The Morgan fingerprint density at radius 2 is 1.47 bits per heavy atom. The quantitative estimate of drug-likeness (QED) is 0.107. The van der Waals surface area contributed by atoms with Gasteiger partial charge < -0.3 is 14.2 Å². The fourth-order valence-electron chi connectivity index (χ4n) is 2.93. The zero-order chi connectivity index (χ0) is 22.7. The summed E-state index contributed by atoms with van der Waals surface area (Å²) in [5.74, 6) is -4.01. The van der Waals surface area contributed by atoms with Gasteiger partial charge in [0.05, 0.1) is 0 Å². The third-order valence-corrected chi connectivity index (χ3v) is 4.95. The fourth-order valence-corrected chi connectivity index (χ4v) is 3.19. The van der Waals surface area contributed by atoms with Gasteiger partial charge in [-0.1, -0.05) is 45.8 Å². The normalized spacial score (nSPS) is 14.8. The maximum absolute atomic E-state index is 13.0. The molecule has 30 heavy (non-hydrogen) atoms. The molecule has 0 rings (SSSR count). The molecule has 0 bridgehead atoms. The van der Waals surface area contributed by atoms with Crippen LogP contribution >= 0.6 is 0 Å². The summed E-state index contributed by atoms with van der Waals surface area (Å²) in [5, 5.41) is 0. The molecule has 0 radical (unpaired) electrons. The fraction of sp³-hybridized carbons (Fsp3) is 0.632. The Morgan fingerprint density at radius 3 is 1.83 bits per heavy atom. The molecule has 0 spiro atoms. The van der Waals surface area contributed by atoms with Gasteiger partial charge in [0.1, 0.15) is 17.6 Å². The molecule has 0 fully saturated rings. The Morgan fingerprint density at radius 1 is 1.00 bits per heavy atom. The Hall–Kier alpha value is -1.60.